The Morgan fingerprint density at radius 3 is 2.96 bits per heavy atom. The van der Waals surface area contributed by atoms with Gasteiger partial charge in [0.05, 0.1) is 11.8 Å². The maximum absolute atomic E-state index is 12.9. The summed E-state index contributed by atoms with van der Waals surface area (Å²) in [6.07, 6.45) is 5.31. The highest BCUT2D eigenvalue weighted by molar-refractivity contribution is 9.10. The minimum Gasteiger partial charge on any atom is -0.612 e. The second-order valence-electron chi connectivity index (χ2n) is 5.50. The fourth-order valence-electron chi connectivity index (χ4n) is 2.46. The van der Waals surface area contributed by atoms with Crippen LogP contribution in [0.2, 0.25) is 0 Å². The Balaban J connectivity index is 1.94. The van der Waals surface area contributed by atoms with E-state index in [1.165, 1.54) is 6.20 Å². The zero-order chi connectivity index (χ0) is 16.4. The molecule has 120 valence electrons. The summed E-state index contributed by atoms with van der Waals surface area (Å²) in [6.45, 7) is 1.82. The highest BCUT2D eigenvalue weighted by atomic mass is 79.9. The largest absolute Gasteiger partial charge is 0.612 e. The van der Waals surface area contributed by atoms with Gasteiger partial charge in [-0.2, -0.15) is 0 Å². The molecule has 0 amide bonds. The van der Waals surface area contributed by atoms with Crippen LogP contribution in [-0.2, 0) is 16.9 Å². The maximum Gasteiger partial charge on any atom is 0.198 e. The molecule has 0 N–H and O–H groups in total. The van der Waals surface area contributed by atoms with Crippen LogP contribution in [0, 0.1) is 0 Å². The lowest BCUT2D eigenvalue weighted by Gasteiger charge is -2.11. The summed E-state index contributed by atoms with van der Waals surface area (Å²) in [5.41, 5.74) is 1.83. The summed E-state index contributed by atoms with van der Waals surface area (Å²) >= 11 is 2.26. The summed E-state index contributed by atoms with van der Waals surface area (Å²) in [7, 11) is 0. The van der Waals surface area contributed by atoms with Gasteiger partial charge in [0.1, 0.15) is 11.2 Å². The Bertz CT molecular complexity index is 752. The van der Waals surface area contributed by atoms with Crippen LogP contribution in [0.15, 0.2) is 44.9 Å². The number of hydrogen-bond donors (Lipinski definition) is 0. The quantitative estimate of drug-likeness (QED) is 0.541. The monoisotopic (exact) mass is 393 g/mol. The number of ketones is 1. The molecule has 0 bridgehead atoms. The molecule has 1 aliphatic rings. The van der Waals surface area contributed by atoms with Crippen molar-refractivity contribution in [2.45, 2.75) is 31.4 Å². The third-order valence-corrected chi connectivity index (χ3v) is 5.35. The van der Waals surface area contributed by atoms with Crippen molar-refractivity contribution >= 4 is 32.9 Å². The molecule has 1 aromatic carbocycles. The minimum atomic E-state index is -1.15. The molecule has 1 unspecified atom stereocenters. The van der Waals surface area contributed by atoms with Crippen molar-refractivity contribution in [2.24, 2.45) is 0 Å². The molecule has 1 aliphatic carbocycles. The lowest BCUT2D eigenvalue weighted by molar-refractivity contribution is 0.103. The van der Waals surface area contributed by atoms with Crippen molar-refractivity contribution in [1.82, 2.24) is 5.16 Å². The highest BCUT2D eigenvalue weighted by Crippen LogP contribution is 2.42. The number of hydrogen-bond acceptors (Lipinski definition) is 4. The standard InChI is InChI=1S/C17H16BrNO3S/c1-2-7-23(21)10-12-8-13(18)5-6-14(12)16(20)15-9-19-22-17(15)11-3-4-11/h2,5-9,11H,3-4,10H2,1H3. The predicted octanol–water partition coefficient (Wildman–Crippen LogP) is 4.33. The molecule has 1 aromatic heterocycles. The van der Waals surface area contributed by atoms with E-state index in [0.29, 0.717) is 28.6 Å². The summed E-state index contributed by atoms with van der Waals surface area (Å²) in [6, 6.07) is 5.43. The molecule has 0 radical (unpaired) electrons. The predicted molar refractivity (Wildman–Crippen MR) is 92.7 cm³/mol. The van der Waals surface area contributed by atoms with Crippen LogP contribution in [0.4, 0.5) is 0 Å². The van der Waals surface area contributed by atoms with Gasteiger partial charge in [0.2, 0.25) is 0 Å². The van der Waals surface area contributed by atoms with Gasteiger partial charge in [-0.05, 0) is 55.2 Å². The normalized spacial score (nSPS) is 16.0. The van der Waals surface area contributed by atoms with E-state index in [1.54, 1.807) is 17.6 Å². The lowest BCUT2D eigenvalue weighted by atomic mass is 9.99. The van der Waals surface area contributed by atoms with Crippen LogP contribution in [-0.4, -0.2) is 15.5 Å². The molecule has 23 heavy (non-hydrogen) atoms. The van der Waals surface area contributed by atoms with E-state index in [9.17, 15) is 9.35 Å². The molecule has 1 saturated carbocycles. The van der Waals surface area contributed by atoms with Crippen LogP contribution in [0.25, 0.3) is 0 Å². The van der Waals surface area contributed by atoms with Gasteiger partial charge in [-0.3, -0.25) is 4.79 Å². The first kappa shape index (κ1) is 16.5. The number of benzene rings is 1. The van der Waals surface area contributed by atoms with E-state index in [-0.39, 0.29) is 5.78 Å². The number of allylic oxidation sites excluding steroid dienone is 1. The number of carbonyl (C=O) groups excluding carboxylic acids is 1. The van der Waals surface area contributed by atoms with Crippen molar-refractivity contribution in [3.8, 4) is 0 Å². The first-order valence-electron chi connectivity index (χ1n) is 7.38. The molecular formula is C17H16BrNO3S. The van der Waals surface area contributed by atoms with E-state index < -0.39 is 11.2 Å². The Labute approximate surface area is 146 Å². The Morgan fingerprint density at radius 1 is 1.48 bits per heavy atom. The molecule has 1 atom stereocenters. The summed E-state index contributed by atoms with van der Waals surface area (Å²) in [5.74, 6) is 1.17. The SMILES string of the molecule is CC=C[S+]([O-])Cc1cc(Br)ccc1C(=O)c1cnoc1C1CC1. The third kappa shape index (κ3) is 3.76. The van der Waals surface area contributed by atoms with Gasteiger partial charge in [0.25, 0.3) is 0 Å². The molecule has 0 aliphatic heterocycles. The van der Waals surface area contributed by atoms with Crippen molar-refractivity contribution in [3.05, 3.63) is 62.8 Å². The number of carbonyl (C=O) groups is 1. The second-order valence-corrected chi connectivity index (χ2v) is 7.74. The molecule has 1 heterocycles. The van der Waals surface area contributed by atoms with E-state index in [1.807, 2.05) is 19.1 Å². The summed E-state index contributed by atoms with van der Waals surface area (Å²) in [5, 5.41) is 5.42. The van der Waals surface area contributed by atoms with Gasteiger partial charge >= 0.3 is 0 Å². The Morgan fingerprint density at radius 2 is 2.26 bits per heavy atom. The van der Waals surface area contributed by atoms with Crippen LogP contribution in [0.3, 0.4) is 0 Å². The number of aromatic nitrogens is 1. The molecular weight excluding hydrogens is 378 g/mol. The zero-order valence-corrected chi connectivity index (χ0v) is 15.0. The number of nitrogens with zero attached hydrogens (tertiary/aromatic N) is 1. The lowest BCUT2D eigenvalue weighted by Crippen LogP contribution is -2.10. The second kappa shape index (κ2) is 7.03. The van der Waals surface area contributed by atoms with E-state index in [2.05, 4.69) is 21.1 Å². The van der Waals surface area contributed by atoms with E-state index >= 15 is 0 Å². The van der Waals surface area contributed by atoms with E-state index in [0.717, 1.165) is 22.9 Å². The third-order valence-electron chi connectivity index (χ3n) is 3.69. The van der Waals surface area contributed by atoms with Crippen molar-refractivity contribution in [3.63, 3.8) is 0 Å². The minimum absolute atomic E-state index is 0.117. The fraction of sp³-hybridized carbons (Fsp3) is 0.294. The van der Waals surface area contributed by atoms with Crippen molar-refractivity contribution in [1.29, 1.82) is 0 Å². The topological polar surface area (TPSA) is 66.2 Å². The fourth-order valence-corrected chi connectivity index (χ4v) is 3.81. The van der Waals surface area contributed by atoms with Crippen molar-refractivity contribution in [2.75, 3.05) is 0 Å². The Kier molecular flexibility index (Phi) is 5.04. The molecule has 2 aromatic rings. The molecule has 0 saturated heterocycles. The van der Waals surface area contributed by atoms with Gasteiger partial charge < -0.3 is 9.08 Å². The van der Waals surface area contributed by atoms with Crippen LogP contribution in [0.1, 0.15) is 52.9 Å². The van der Waals surface area contributed by atoms with Gasteiger partial charge in [-0.25, -0.2) is 0 Å². The summed E-state index contributed by atoms with van der Waals surface area (Å²) in [4.78, 5) is 12.9. The number of rotatable bonds is 6. The van der Waals surface area contributed by atoms with Crippen LogP contribution >= 0.6 is 15.9 Å². The first-order chi connectivity index (χ1) is 11.1. The zero-order valence-electron chi connectivity index (χ0n) is 12.6. The molecule has 1 fully saturated rings. The van der Waals surface area contributed by atoms with Crippen LogP contribution < -0.4 is 0 Å². The average molecular weight is 394 g/mol. The molecule has 6 heteroatoms. The van der Waals surface area contributed by atoms with Gasteiger partial charge in [-0.1, -0.05) is 21.1 Å². The molecule has 0 spiro atoms. The van der Waals surface area contributed by atoms with Gasteiger partial charge in [0.15, 0.2) is 11.5 Å². The summed E-state index contributed by atoms with van der Waals surface area (Å²) < 4.78 is 18.2. The molecule has 4 nitrogen and oxygen atoms in total. The average Bonchev–Trinajstić information content (AvgIpc) is 3.24. The highest BCUT2D eigenvalue weighted by Gasteiger charge is 2.33. The van der Waals surface area contributed by atoms with Gasteiger partial charge in [-0.15, -0.1) is 0 Å². The van der Waals surface area contributed by atoms with Crippen molar-refractivity contribution < 1.29 is 13.9 Å². The van der Waals surface area contributed by atoms with E-state index in [4.69, 9.17) is 4.52 Å². The van der Waals surface area contributed by atoms with Crippen LogP contribution in [0.5, 0.6) is 0 Å². The first-order valence-corrected chi connectivity index (χ1v) is 9.55. The smallest absolute Gasteiger partial charge is 0.198 e. The maximum atomic E-state index is 12.9. The number of halogens is 1. The molecule has 3 rings (SSSR count). The van der Waals surface area contributed by atoms with Gasteiger partial charge in [0, 0.05) is 21.5 Å². The Hall–Kier alpha value is -1.37.